The van der Waals surface area contributed by atoms with Crippen molar-refractivity contribution in [1.29, 1.82) is 0 Å². The van der Waals surface area contributed by atoms with Gasteiger partial charge in [0.15, 0.2) is 0 Å². The van der Waals surface area contributed by atoms with Crippen LogP contribution in [0.3, 0.4) is 0 Å². The molecule has 0 aliphatic carbocycles. The number of nitrogens with zero attached hydrogens (tertiary/aromatic N) is 3. The second kappa shape index (κ2) is 7.48. The topological polar surface area (TPSA) is 75.0 Å². The van der Waals surface area contributed by atoms with Gasteiger partial charge in [0.25, 0.3) is 5.91 Å². The Bertz CT molecular complexity index is 1280. The lowest BCUT2D eigenvalue weighted by atomic mass is 9.84. The van der Waals surface area contributed by atoms with Crippen molar-refractivity contribution < 1.29 is 9.32 Å². The van der Waals surface area contributed by atoms with E-state index >= 15 is 0 Å². The Labute approximate surface area is 187 Å². The van der Waals surface area contributed by atoms with Gasteiger partial charge in [-0.15, -0.1) is 0 Å². The highest BCUT2D eigenvalue weighted by Crippen LogP contribution is 2.46. The van der Waals surface area contributed by atoms with E-state index in [0.29, 0.717) is 5.69 Å². The first kappa shape index (κ1) is 20.2. The third-order valence-electron chi connectivity index (χ3n) is 6.07. The van der Waals surface area contributed by atoms with E-state index in [1.54, 1.807) is 6.26 Å². The number of hydrogen-bond donors (Lipinski definition) is 1. The molecule has 0 fully saturated rings. The first-order valence-electron chi connectivity index (χ1n) is 10.9. The van der Waals surface area contributed by atoms with Gasteiger partial charge in [-0.2, -0.15) is 5.10 Å². The van der Waals surface area contributed by atoms with Gasteiger partial charge in [0.05, 0.1) is 11.7 Å². The molecule has 1 aliphatic heterocycles. The summed E-state index contributed by atoms with van der Waals surface area (Å²) in [6.45, 7) is 8.53. The number of aromatic nitrogens is 3. The van der Waals surface area contributed by atoms with Crippen LogP contribution in [0.5, 0.6) is 0 Å². The molecule has 1 amide bonds. The molecule has 0 saturated heterocycles. The molecule has 0 radical (unpaired) electrons. The molecule has 0 bridgehead atoms. The Kier molecular flexibility index (Phi) is 4.73. The number of carbonyl (C=O) groups is 1. The Balaban J connectivity index is 1.73. The molecule has 1 unspecified atom stereocenters. The van der Waals surface area contributed by atoms with E-state index in [1.165, 1.54) is 5.56 Å². The summed E-state index contributed by atoms with van der Waals surface area (Å²) in [7, 11) is 0. The summed E-state index contributed by atoms with van der Waals surface area (Å²) < 4.78 is 5.02. The van der Waals surface area contributed by atoms with Gasteiger partial charge in [-0.3, -0.25) is 14.8 Å². The number of amides is 1. The fourth-order valence-corrected chi connectivity index (χ4v) is 4.58. The number of carbonyl (C=O) groups excluding carboxylic acids is 1. The minimum absolute atomic E-state index is 0.0730. The molecule has 5 rings (SSSR count). The summed E-state index contributed by atoms with van der Waals surface area (Å²) in [4.78, 5) is 15.6. The second-order valence-electron chi connectivity index (χ2n) is 9.18. The Morgan fingerprint density at radius 1 is 1.09 bits per heavy atom. The number of benzene rings is 2. The molecule has 3 heterocycles. The van der Waals surface area contributed by atoms with Gasteiger partial charge in [0, 0.05) is 28.3 Å². The molecular formula is C26H26N4O2. The van der Waals surface area contributed by atoms with Crippen LogP contribution >= 0.6 is 0 Å². The fraction of sp³-hybridized carbons (Fsp3) is 0.269. The first-order chi connectivity index (χ1) is 15.4. The van der Waals surface area contributed by atoms with Gasteiger partial charge in [-0.05, 0) is 29.7 Å². The zero-order valence-electron chi connectivity index (χ0n) is 18.7. The highest BCUT2D eigenvalue weighted by Gasteiger charge is 2.45. The van der Waals surface area contributed by atoms with E-state index in [0.717, 1.165) is 40.2 Å². The second-order valence-corrected chi connectivity index (χ2v) is 9.18. The number of fused-ring (bicyclic) bond motifs is 1. The summed E-state index contributed by atoms with van der Waals surface area (Å²) in [6, 6.07) is 17.8. The van der Waals surface area contributed by atoms with E-state index < -0.39 is 0 Å². The number of rotatable bonds is 4. The van der Waals surface area contributed by atoms with Crippen molar-refractivity contribution in [3.05, 3.63) is 88.9 Å². The van der Waals surface area contributed by atoms with Gasteiger partial charge >= 0.3 is 0 Å². The van der Waals surface area contributed by atoms with E-state index in [2.05, 4.69) is 61.2 Å². The molecule has 162 valence electrons. The zero-order valence-corrected chi connectivity index (χ0v) is 18.7. The van der Waals surface area contributed by atoms with E-state index in [4.69, 9.17) is 4.52 Å². The van der Waals surface area contributed by atoms with Crippen LogP contribution in [0.15, 0.2) is 65.4 Å². The van der Waals surface area contributed by atoms with Crippen molar-refractivity contribution in [2.75, 3.05) is 4.90 Å². The Morgan fingerprint density at radius 3 is 2.62 bits per heavy atom. The number of hydrogen-bond acceptors (Lipinski definition) is 4. The van der Waals surface area contributed by atoms with Crippen LogP contribution in [-0.4, -0.2) is 21.3 Å². The van der Waals surface area contributed by atoms with Crippen molar-refractivity contribution >= 4 is 11.6 Å². The molecule has 6 heteroatoms. The fourth-order valence-electron chi connectivity index (χ4n) is 4.58. The number of aromatic amines is 1. The average molecular weight is 427 g/mol. The van der Waals surface area contributed by atoms with Crippen molar-refractivity contribution in [2.45, 2.75) is 45.6 Å². The van der Waals surface area contributed by atoms with Crippen LogP contribution < -0.4 is 4.90 Å². The molecule has 0 spiro atoms. The van der Waals surface area contributed by atoms with Crippen molar-refractivity contribution in [3.8, 4) is 11.3 Å². The van der Waals surface area contributed by atoms with Crippen molar-refractivity contribution in [2.24, 2.45) is 0 Å². The highest BCUT2D eigenvalue weighted by atomic mass is 16.5. The summed E-state index contributed by atoms with van der Waals surface area (Å²) >= 11 is 0. The molecule has 32 heavy (non-hydrogen) atoms. The van der Waals surface area contributed by atoms with Crippen LogP contribution in [0, 0.1) is 0 Å². The summed E-state index contributed by atoms with van der Waals surface area (Å²) in [6.07, 6.45) is 2.43. The largest absolute Gasteiger partial charge is 0.364 e. The zero-order chi connectivity index (χ0) is 22.5. The Morgan fingerprint density at radius 2 is 1.91 bits per heavy atom. The molecule has 1 atom stereocenters. The third kappa shape index (κ3) is 3.14. The number of nitrogens with one attached hydrogen (secondary N) is 1. The number of aryl methyl sites for hydroxylation is 1. The van der Waals surface area contributed by atoms with E-state index in [1.807, 2.05) is 41.3 Å². The minimum Gasteiger partial charge on any atom is -0.364 e. The molecule has 0 saturated carbocycles. The van der Waals surface area contributed by atoms with Crippen LogP contribution in [0.2, 0.25) is 0 Å². The predicted molar refractivity (Wildman–Crippen MR) is 124 cm³/mol. The standard InChI is InChI=1S/C26H26N4O2/c1-5-16-9-6-7-12-19(16)23-21-22(27-28-24(21)26(2,3)4)25(31)30(23)18-11-8-10-17(15-18)20-13-14-32-29-20/h6-15,23H,5H2,1-4H3,(H,27,28). The van der Waals surface area contributed by atoms with Gasteiger partial charge in [0.1, 0.15) is 17.7 Å². The van der Waals surface area contributed by atoms with Crippen molar-refractivity contribution in [1.82, 2.24) is 15.4 Å². The van der Waals surface area contributed by atoms with Gasteiger partial charge in [-0.25, -0.2) is 0 Å². The smallest absolute Gasteiger partial charge is 0.277 e. The molecule has 1 N–H and O–H groups in total. The van der Waals surface area contributed by atoms with Gasteiger partial charge in [-0.1, -0.05) is 69.2 Å². The maximum absolute atomic E-state index is 13.7. The SMILES string of the molecule is CCc1ccccc1C1c2c(C(C)(C)C)n[nH]c2C(=O)N1c1cccc(-c2ccon2)c1. The Hall–Kier alpha value is -3.67. The number of H-pyrrole nitrogens is 1. The molecule has 6 nitrogen and oxygen atoms in total. The van der Waals surface area contributed by atoms with Crippen LogP contribution in [-0.2, 0) is 11.8 Å². The summed E-state index contributed by atoms with van der Waals surface area (Å²) in [5.74, 6) is -0.0730. The highest BCUT2D eigenvalue weighted by molar-refractivity contribution is 6.11. The maximum atomic E-state index is 13.7. The lowest BCUT2D eigenvalue weighted by Crippen LogP contribution is -2.30. The summed E-state index contributed by atoms with van der Waals surface area (Å²) in [5.41, 5.74) is 7.05. The maximum Gasteiger partial charge on any atom is 0.277 e. The summed E-state index contributed by atoms with van der Waals surface area (Å²) in [5, 5.41) is 11.7. The van der Waals surface area contributed by atoms with Crippen LogP contribution in [0.1, 0.15) is 66.6 Å². The van der Waals surface area contributed by atoms with Gasteiger partial charge < -0.3 is 4.52 Å². The van der Waals surface area contributed by atoms with Crippen LogP contribution in [0.25, 0.3) is 11.3 Å². The molecular weight excluding hydrogens is 400 g/mol. The molecule has 1 aliphatic rings. The molecule has 2 aromatic heterocycles. The normalized spacial score (nSPS) is 15.9. The lowest BCUT2D eigenvalue weighted by molar-refractivity contribution is 0.0988. The van der Waals surface area contributed by atoms with E-state index in [9.17, 15) is 4.79 Å². The van der Waals surface area contributed by atoms with Crippen molar-refractivity contribution in [3.63, 3.8) is 0 Å². The molecule has 2 aromatic carbocycles. The first-order valence-corrected chi connectivity index (χ1v) is 10.9. The third-order valence-corrected chi connectivity index (χ3v) is 6.07. The average Bonchev–Trinajstić information content (AvgIpc) is 3.51. The van der Waals surface area contributed by atoms with Gasteiger partial charge in [0.2, 0.25) is 0 Å². The minimum atomic E-state index is -0.255. The lowest BCUT2D eigenvalue weighted by Gasteiger charge is -2.29. The monoisotopic (exact) mass is 426 g/mol. The quantitative estimate of drug-likeness (QED) is 0.456. The van der Waals surface area contributed by atoms with Crippen LogP contribution in [0.4, 0.5) is 5.69 Å². The molecule has 4 aromatic rings. The van der Waals surface area contributed by atoms with E-state index in [-0.39, 0.29) is 17.4 Å². The predicted octanol–water partition coefficient (Wildman–Crippen LogP) is 5.67. The number of anilines is 1.